The van der Waals surface area contributed by atoms with Gasteiger partial charge in [-0.15, -0.1) is 0 Å². The number of hydrogen-bond acceptors (Lipinski definition) is 3. The first kappa shape index (κ1) is 14.9. The molecule has 1 aliphatic rings. The van der Waals surface area contributed by atoms with Crippen molar-refractivity contribution in [3.8, 4) is 6.07 Å². The molecule has 1 fully saturated rings. The molecule has 0 saturated carbocycles. The van der Waals surface area contributed by atoms with Crippen molar-refractivity contribution in [2.45, 2.75) is 13.8 Å². The maximum atomic E-state index is 12.1. The van der Waals surface area contributed by atoms with E-state index in [0.29, 0.717) is 24.3 Å². The Hall–Kier alpha value is -2.55. The second-order valence-electron chi connectivity index (χ2n) is 5.36. The second-order valence-corrected chi connectivity index (χ2v) is 5.36. The largest absolute Gasteiger partial charge is 0.481 e. The van der Waals surface area contributed by atoms with Gasteiger partial charge in [0.1, 0.15) is 0 Å². The number of nitrogens with one attached hydrogen (secondary N) is 1. The van der Waals surface area contributed by atoms with E-state index in [1.165, 1.54) is 0 Å². The van der Waals surface area contributed by atoms with E-state index in [4.69, 9.17) is 10.4 Å². The van der Waals surface area contributed by atoms with E-state index in [0.717, 1.165) is 5.56 Å². The van der Waals surface area contributed by atoms with Crippen LogP contribution in [0.15, 0.2) is 18.2 Å². The molecule has 2 N–H and O–H groups in total. The van der Waals surface area contributed by atoms with Gasteiger partial charge in [-0.2, -0.15) is 5.26 Å². The summed E-state index contributed by atoms with van der Waals surface area (Å²) in [6, 6.07) is 6.87. The zero-order valence-corrected chi connectivity index (χ0v) is 12.0. The minimum absolute atomic E-state index is 0.000195. The van der Waals surface area contributed by atoms with Gasteiger partial charge in [-0.25, -0.2) is 4.79 Å². The van der Waals surface area contributed by atoms with E-state index in [-0.39, 0.29) is 11.9 Å². The first-order valence-electron chi connectivity index (χ1n) is 6.72. The maximum absolute atomic E-state index is 12.1. The smallest absolute Gasteiger partial charge is 0.321 e. The van der Waals surface area contributed by atoms with E-state index < -0.39 is 11.9 Å². The number of nitriles is 1. The van der Waals surface area contributed by atoms with Crippen LogP contribution >= 0.6 is 0 Å². The average Bonchev–Trinajstić information content (AvgIpc) is 2.39. The molecule has 1 aromatic rings. The van der Waals surface area contributed by atoms with Crippen LogP contribution in [0.4, 0.5) is 10.5 Å². The van der Waals surface area contributed by atoms with Gasteiger partial charge in [0.05, 0.1) is 17.6 Å². The summed E-state index contributed by atoms with van der Waals surface area (Å²) in [5, 5.41) is 20.6. The summed E-state index contributed by atoms with van der Waals surface area (Å²) in [6.07, 6.45) is 0. The molecule has 1 aromatic carbocycles. The summed E-state index contributed by atoms with van der Waals surface area (Å²) < 4.78 is 0. The molecule has 1 saturated heterocycles. The molecule has 0 bridgehead atoms. The Bertz CT molecular complexity index is 615. The number of carboxylic acids is 1. The summed E-state index contributed by atoms with van der Waals surface area (Å²) in [6.45, 7) is 4.39. The molecule has 2 amide bonds. The molecule has 0 aliphatic carbocycles. The highest BCUT2D eigenvalue weighted by molar-refractivity contribution is 5.91. The zero-order valence-electron chi connectivity index (χ0n) is 12.0. The van der Waals surface area contributed by atoms with E-state index in [1.54, 1.807) is 30.0 Å². The second kappa shape index (κ2) is 5.83. The maximum Gasteiger partial charge on any atom is 0.321 e. The molecule has 110 valence electrons. The molecular weight excluding hydrogens is 270 g/mol. The quantitative estimate of drug-likeness (QED) is 0.889. The molecular formula is C15H17N3O3. The highest BCUT2D eigenvalue weighted by atomic mass is 16.4. The van der Waals surface area contributed by atoms with Crippen molar-refractivity contribution >= 4 is 17.7 Å². The molecule has 1 heterocycles. The van der Waals surface area contributed by atoms with Gasteiger partial charge >= 0.3 is 12.0 Å². The van der Waals surface area contributed by atoms with Crippen molar-refractivity contribution in [3.05, 3.63) is 29.3 Å². The van der Waals surface area contributed by atoms with Gasteiger partial charge in [0.25, 0.3) is 0 Å². The first-order chi connectivity index (χ1) is 9.92. The third kappa shape index (κ3) is 3.14. The molecule has 0 aromatic heterocycles. The lowest BCUT2D eigenvalue weighted by atomic mass is 9.87. The van der Waals surface area contributed by atoms with Crippen molar-refractivity contribution in [1.82, 2.24) is 4.90 Å². The van der Waals surface area contributed by atoms with Crippen molar-refractivity contribution in [3.63, 3.8) is 0 Å². The van der Waals surface area contributed by atoms with E-state index in [1.807, 2.05) is 13.0 Å². The van der Waals surface area contributed by atoms with Gasteiger partial charge in [-0.05, 0) is 24.6 Å². The van der Waals surface area contributed by atoms with Gasteiger partial charge in [0, 0.05) is 24.7 Å². The van der Waals surface area contributed by atoms with Crippen LogP contribution in [0, 0.1) is 30.1 Å². The predicted molar refractivity (Wildman–Crippen MR) is 76.8 cm³/mol. The minimum atomic E-state index is -0.836. The number of benzene rings is 1. The fourth-order valence-electron chi connectivity index (χ4n) is 2.22. The van der Waals surface area contributed by atoms with Crippen molar-refractivity contribution < 1.29 is 14.7 Å². The van der Waals surface area contributed by atoms with E-state index >= 15 is 0 Å². The van der Waals surface area contributed by atoms with Crippen LogP contribution in [0.1, 0.15) is 18.1 Å². The number of nitrogens with zero attached hydrogens (tertiary/aromatic N) is 2. The first-order valence-corrected chi connectivity index (χ1v) is 6.72. The lowest BCUT2D eigenvalue weighted by Crippen LogP contribution is -2.54. The number of carboxylic acid groups (broad SMARTS) is 1. The van der Waals surface area contributed by atoms with Gasteiger partial charge in [0.15, 0.2) is 0 Å². The zero-order chi connectivity index (χ0) is 15.6. The van der Waals surface area contributed by atoms with Crippen LogP contribution < -0.4 is 5.32 Å². The summed E-state index contributed by atoms with van der Waals surface area (Å²) >= 11 is 0. The number of hydrogen-bond donors (Lipinski definition) is 2. The van der Waals surface area contributed by atoms with Crippen molar-refractivity contribution in [2.75, 3.05) is 18.4 Å². The lowest BCUT2D eigenvalue weighted by molar-refractivity contribution is -0.144. The molecule has 2 rings (SSSR count). The molecule has 21 heavy (non-hydrogen) atoms. The molecule has 6 heteroatoms. The molecule has 1 aliphatic heterocycles. The number of urea groups is 1. The Balaban J connectivity index is 1.95. The summed E-state index contributed by atoms with van der Waals surface area (Å²) in [7, 11) is 0. The molecule has 0 spiro atoms. The number of amides is 2. The standard InChI is InChI=1S/C15H17N3O3/c1-9-3-4-11(6-16)5-13(9)17-15(21)18-7-12(8-18)10(2)14(19)20/h3-5,10,12H,7-8H2,1-2H3,(H,17,21)(H,19,20). The van der Waals surface area contributed by atoms with E-state index in [9.17, 15) is 9.59 Å². The minimum Gasteiger partial charge on any atom is -0.481 e. The lowest BCUT2D eigenvalue weighted by Gasteiger charge is -2.41. The van der Waals surface area contributed by atoms with Gasteiger partial charge in [0.2, 0.25) is 0 Å². The Kier molecular flexibility index (Phi) is 4.13. The van der Waals surface area contributed by atoms with Crippen LogP contribution in [-0.2, 0) is 4.79 Å². The highest BCUT2D eigenvalue weighted by Crippen LogP contribution is 2.25. The average molecular weight is 287 g/mol. The Morgan fingerprint density at radius 3 is 2.71 bits per heavy atom. The fourth-order valence-corrected chi connectivity index (χ4v) is 2.22. The predicted octanol–water partition coefficient (Wildman–Crippen LogP) is 2.05. The Morgan fingerprint density at radius 2 is 2.14 bits per heavy atom. The summed E-state index contributed by atoms with van der Waals surface area (Å²) in [5.41, 5.74) is 1.96. The van der Waals surface area contributed by atoms with Crippen LogP contribution in [-0.4, -0.2) is 35.1 Å². The topological polar surface area (TPSA) is 93.4 Å². The SMILES string of the molecule is Cc1ccc(C#N)cc1NC(=O)N1CC(C(C)C(=O)O)C1. The van der Waals surface area contributed by atoms with Crippen molar-refractivity contribution in [1.29, 1.82) is 5.26 Å². The van der Waals surface area contributed by atoms with Crippen LogP contribution in [0.25, 0.3) is 0 Å². The third-order valence-electron chi connectivity index (χ3n) is 3.90. The fraction of sp³-hybridized carbons (Fsp3) is 0.400. The Labute approximate surface area is 123 Å². The number of aliphatic carboxylic acids is 1. The molecule has 1 unspecified atom stereocenters. The summed E-state index contributed by atoms with van der Waals surface area (Å²) in [4.78, 5) is 24.5. The van der Waals surface area contributed by atoms with Gasteiger partial charge < -0.3 is 15.3 Å². The molecule has 1 atom stereocenters. The van der Waals surface area contributed by atoms with Crippen LogP contribution in [0.5, 0.6) is 0 Å². The van der Waals surface area contributed by atoms with Crippen LogP contribution in [0.2, 0.25) is 0 Å². The number of carbonyl (C=O) groups excluding carboxylic acids is 1. The highest BCUT2D eigenvalue weighted by Gasteiger charge is 2.37. The van der Waals surface area contributed by atoms with Crippen LogP contribution in [0.3, 0.4) is 0 Å². The summed E-state index contributed by atoms with van der Waals surface area (Å²) in [5.74, 6) is -1.28. The number of aryl methyl sites for hydroxylation is 1. The monoisotopic (exact) mass is 287 g/mol. The number of anilines is 1. The Morgan fingerprint density at radius 1 is 1.48 bits per heavy atom. The number of rotatable bonds is 3. The van der Waals surface area contributed by atoms with E-state index in [2.05, 4.69) is 5.32 Å². The molecule has 6 nitrogen and oxygen atoms in total. The third-order valence-corrected chi connectivity index (χ3v) is 3.90. The van der Waals surface area contributed by atoms with Gasteiger partial charge in [-0.3, -0.25) is 4.79 Å². The number of carbonyl (C=O) groups is 2. The van der Waals surface area contributed by atoms with Gasteiger partial charge in [-0.1, -0.05) is 13.0 Å². The number of likely N-dealkylation sites (tertiary alicyclic amines) is 1. The molecule has 0 radical (unpaired) electrons. The van der Waals surface area contributed by atoms with Crippen molar-refractivity contribution in [2.24, 2.45) is 11.8 Å². The normalized spacial score (nSPS) is 15.8.